The zero-order valence-corrected chi connectivity index (χ0v) is 6.71. The maximum atomic E-state index is 9.48. The molecule has 0 saturated carbocycles. The Kier molecular flexibility index (Phi) is 2.05. The van der Waals surface area contributed by atoms with Crippen LogP contribution in [-0.4, -0.2) is 54.6 Å². The Morgan fingerprint density at radius 3 is 2.75 bits per heavy atom. The van der Waals surface area contributed by atoms with Gasteiger partial charge >= 0.3 is 0 Å². The minimum Gasteiger partial charge on any atom is -0.387 e. The van der Waals surface area contributed by atoms with Crippen LogP contribution in [0.25, 0.3) is 0 Å². The summed E-state index contributed by atoms with van der Waals surface area (Å²) in [6.45, 7) is 0.322. The molecule has 5 nitrogen and oxygen atoms in total. The van der Waals surface area contributed by atoms with Gasteiger partial charge in [-0.2, -0.15) is 0 Å². The molecule has 2 heterocycles. The summed E-state index contributed by atoms with van der Waals surface area (Å²) in [5, 5.41) is 18.9. The first-order chi connectivity index (χ1) is 5.74. The number of hydrogen-bond donors (Lipinski definition) is 2. The van der Waals surface area contributed by atoms with Gasteiger partial charge in [0.15, 0.2) is 6.29 Å². The van der Waals surface area contributed by atoms with Crippen molar-refractivity contribution in [2.24, 2.45) is 0 Å². The van der Waals surface area contributed by atoms with E-state index in [1.165, 1.54) is 7.11 Å². The average Bonchev–Trinajstić information content (AvgIpc) is 2.49. The van der Waals surface area contributed by atoms with Gasteiger partial charge in [-0.1, -0.05) is 0 Å². The summed E-state index contributed by atoms with van der Waals surface area (Å²) in [6, 6.07) is 0. The molecule has 2 aliphatic heterocycles. The highest BCUT2D eigenvalue weighted by Gasteiger charge is 2.49. The van der Waals surface area contributed by atoms with Crippen molar-refractivity contribution in [3.05, 3.63) is 0 Å². The van der Waals surface area contributed by atoms with Gasteiger partial charge in [-0.15, -0.1) is 0 Å². The van der Waals surface area contributed by atoms with Crippen LogP contribution in [0.5, 0.6) is 0 Å². The SMILES string of the molecule is COC1C2OCC(O2)C(O)C1O. The molecule has 70 valence electrons. The molecule has 12 heavy (non-hydrogen) atoms. The lowest BCUT2D eigenvalue weighted by atomic mass is 10.0. The highest BCUT2D eigenvalue weighted by molar-refractivity contribution is 4.93. The highest BCUT2D eigenvalue weighted by atomic mass is 16.7. The molecular formula is C7H12O5. The van der Waals surface area contributed by atoms with Crippen molar-refractivity contribution in [3.63, 3.8) is 0 Å². The fourth-order valence-electron chi connectivity index (χ4n) is 1.62. The summed E-state index contributed by atoms with van der Waals surface area (Å²) in [5.41, 5.74) is 0. The summed E-state index contributed by atoms with van der Waals surface area (Å²) in [7, 11) is 1.45. The van der Waals surface area contributed by atoms with Crippen LogP contribution in [0, 0.1) is 0 Å². The third-order valence-corrected chi connectivity index (χ3v) is 2.34. The van der Waals surface area contributed by atoms with Gasteiger partial charge in [-0.3, -0.25) is 0 Å². The lowest BCUT2D eigenvalue weighted by molar-refractivity contribution is -0.236. The molecule has 2 rings (SSSR count). The third kappa shape index (κ3) is 1.06. The smallest absolute Gasteiger partial charge is 0.187 e. The maximum absolute atomic E-state index is 9.48. The summed E-state index contributed by atoms with van der Waals surface area (Å²) >= 11 is 0. The Morgan fingerprint density at radius 1 is 1.33 bits per heavy atom. The van der Waals surface area contributed by atoms with Crippen molar-refractivity contribution in [3.8, 4) is 0 Å². The largest absolute Gasteiger partial charge is 0.387 e. The van der Waals surface area contributed by atoms with Crippen LogP contribution in [0.15, 0.2) is 0 Å². The lowest BCUT2D eigenvalue weighted by Crippen LogP contribution is -2.54. The Balaban J connectivity index is 2.14. The zero-order chi connectivity index (χ0) is 8.72. The number of hydrogen-bond acceptors (Lipinski definition) is 5. The van der Waals surface area contributed by atoms with Crippen molar-refractivity contribution in [1.29, 1.82) is 0 Å². The van der Waals surface area contributed by atoms with E-state index in [4.69, 9.17) is 14.2 Å². The maximum Gasteiger partial charge on any atom is 0.187 e. The number of ether oxygens (including phenoxy) is 3. The van der Waals surface area contributed by atoms with Gasteiger partial charge < -0.3 is 24.4 Å². The standard InChI is InChI=1S/C7H12O5/c1-10-6-5(9)4(8)3-2-11-7(6)12-3/h3-9H,2H2,1H3. The predicted molar refractivity (Wildman–Crippen MR) is 37.4 cm³/mol. The van der Waals surface area contributed by atoms with Crippen LogP contribution in [0.4, 0.5) is 0 Å². The molecule has 2 bridgehead atoms. The first kappa shape index (κ1) is 8.40. The van der Waals surface area contributed by atoms with Gasteiger partial charge in [0.25, 0.3) is 0 Å². The molecule has 0 aromatic heterocycles. The van der Waals surface area contributed by atoms with Crippen LogP contribution in [0.2, 0.25) is 0 Å². The molecule has 2 fully saturated rings. The van der Waals surface area contributed by atoms with Crippen molar-refractivity contribution in [2.45, 2.75) is 30.7 Å². The van der Waals surface area contributed by atoms with E-state index in [1.54, 1.807) is 0 Å². The summed E-state index contributed by atoms with van der Waals surface area (Å²) in [5.74, 6) is 0. The van der Waals surface area contributed by atoms with E-state index in [9.17, 15) is 10.2 Å². The molecule has 2 aliphatic rings. The van der Waals surface area contributed by atoms with Crippen LogP contribution in [-0.2, 0) is 14.2 Å². The number of fused-ring (bicyclic) bond motifs is 2. The molecule has 5 heteroatoms. The predicted octanol–water partition coefficient (Wildman–Crippen LogP) is -1.52. The van der Waals surface area contributed by atoms with Gasteiger partial charge in [0.1, 0.15) is 24.4 Å². The van der Waals surface area contributed by atoms with Crippen LogP contribution < -0.4 is 0 Å². The molecule has 0 aromatic rings. The van der Waals surface area contributed by atoms with Gasteiger partial charge in [-0.25, -0.2) is 0 Å². The lowest BCUT2D eigenvalue weighted by Gasteiger charge is -2.34. The summed E-state index contributed by atoms with van der Waals surface area (Å²) in [4.78, 5) is 0. The second-order valence-electron chi connectivity index (χ2n) is 3.06. The van der Waals surface area contributed by atoms with E-state index in [2.05, 4.69) is 0 Å². The summed E-state index contributed by atoms with van der Waals surface area (Å²) < 4.78 is 15.3. The third-order valence-electron chi connectivity index (χ3n) is 2.34. The Labute approximate surface area is 69.8 Å². The monoisotopic (exact) mass is 176 g/mol. The van der Waals surface area contributed by atoms with Gasteiger partial charge in [0.2, 0.25) is 0 Å². The number of aliphatic hydroxyl groups excluding tert-OH is 2. The van der Waals surface area contributed by atoms with E-state index in [-0.39, 0.29) is 0 Å². The molecule has 5 unspecified atom stereocenters. The number of rotatable bonds is 1. The Morgan fingerprint density at radius 2 is 2.08 bits per heavy atom. The highest BCUT2D eigenvalue weighted by Crippen LogP contribution is 2.29. The van der Waals surface area contributed by atoms with E-state index in [0.29, 0.717) is 6.61 Å². The minimum atomic E-state index is -0.916. The van der Waals surface area contributed by atoms with Gasteiger partial charge in [-0.05, 0) is 0 Å². The minimum absolute atomic E-state index is 0.322. The molecule has 0 aromatic carbocycles. The number of methoxy groups -OCH3 is 1. The van der Waals surface area contributed by atoms with E-state index < -0.39 is 30.7 Å². The molecule has 2 saturated heterocycles. The zero-order valence-electron chi connectivity index (χ0n) is 6.71. The van der Waals surface area contributed by atoms with Crippen LogP contribution in [0.3, 0.4) is 0 Å². The normalized spacial score (nSPS) is 52.8. The number of aliphatic hydroxyl groups is 2. The Bertz CT molecular complexity index is 173. The van der Waals surface area contributed by atoms with E-state index in [1.807, 2.05) is 0 Å². The van der Waals surface area contributed by atoms with Crippen molar-refractivity contribution in [2.75, 3.05) is 13.7 Å². The van der Waals surface area contributed by atoms with Gasteiger partial charge in [0.05, 0.1) is 6.61 Å². The molecule has 0 aliphatic carbocycles. The molecule has 0 radical (unpaired) electrons. The molecule has 0 spiro atoms. The molecule has 5 atom stereocenters. The van der Waals surface area contributed by atoms with Crippen molar-refractivity contribution < 1.29 is 24.4 Å². The fourth-order valence-corrected chi connectivity index (χ4v) is 1.62. The summed E-state index contributed by atoms with van der Waals surface area (Å²) in [6.07, 6.45) is -3.34. The molecule has 2 N–H and O–H groups in total. The van der Waals surface area contributed by atoms with Crippen LogP contribution in [0.1, 0.15) is 0 Å². The van der Waals surface area contributed by atoms with E-state index >= 15 is 0 Å². The second kappa shape index (κ2) is 2.93. The van der Waals surface area contributed by atoms with Crippen molar-refractivity contribution >= 4 is 0 Å². The van der Waals surface area contributed by atoms with Crippen LogP contribution >= 0.6 is 0 Å². The quantitative estimate of drug-likeness (QED) is 0.507. The van der Waals surface area contributed by atoms with E-state index in [0.717, 1.165) is 0 Å². The molecule has 0 amide bonds. The second-order valence-corrected chi connectivity index (χ2v) is 3.06. The van der Waals surface area contributed by atoms with Crippen molar-refractivity contribution in [1.82, 2.24) is 0 Å². The van der Waals surface area contributed by atoms with Gasteiger partial charge in [0, 0.05) is 7.11 Å². The topological polar surface area (TPSA) is 68.2 Å². The first-order valence-corrected chi connectivity index (χ1v) is 3.90. The average molecular weight is 176 g/mol. The fraction of sp³-hybridized carbons (Fsp3) is 1.00. The first-order valence-electron chi connectivity index (χ1n) is 3.90. The Hall–Kier alpha value is -0.200. The molecular weight excluding hydrogens is 164 g/mol.